The molecule has 1 amide bonds. The summed E-state index contributed by atoms with van der Waals surface area (Å²) in [7, 11) is 0. The lowest BCUT2D eigenvalue weighted by Crippen LogP contribution is -2.56. The first-order chi connectivity index (χ1) is 15.6. The molecule has 1 aromatic carbocycles. The van der Waals surface area contributed by atoms with Crippen LogP contribution in [-0.2, 0) is 19.4 Å². The van der Waals surface area contributed by atoms with Crippen LogP contribution in [0.1, 0.15) is 59.7 Å². The highest BCUT2D eigenvalue weighted by Gasteiger charge is 2.47. The summed E-state index contributed by atoms with van der Waals surface area (Å²) >= 11 is 0. The van der Waals surface area contributed by atoms with Crippen molar-refractivity contribution in [1.82, 2.24) is 15.2 Å². The zero-order chi connectivity index (χ0) is 21.7. The number of nitrogens with one attached hydrogen (secondary N) is 2. The maximum absolute atomic E-state index is 12.7. The number of aliphatic hydroxyl groups is 1. The molecular formula is C26H31N3O3. The molecule has 1 atom stereocenters. The van der Waals surface area contributed by atoms with Gasteiger partial charge >= 0.3 is 0 Å². The van der Waals surface area contributed by atoms with Gasteiger partial charge in [-0.05, 0) is 74.1 Å². The Kier molecular flexibility index (Phi) is 4.88. The summed E-state index contributed by atoms with van der Waals surface area (Å²) in [4.78, 5) is 18.2. The van der Waals surface area contributed by atoms with E-state index in [4.69, 9.17) is 9.52 Å². The SMILES string of the molecule is O=C(c1ccc(CO)o1)N1CCC2(CC1)CC(N[C@H]1CCc3[nH]c4ccccc4c3C1)C2. The van der Waals surface area contributed by atoms with Gasteiger partial charge in [0.25, 0.3) is 5.91 Å². The first kappa shape index (κ1) is 20.1. The van der Waals surface area contributed by atoms with E-state index in [-0.39, 0.29) is 12.5 Å². The van der Waals surface area contributed by atoms with Crippen molar-refractivity contribution in [3.8, 4) is 0 Å². The van der Waals surface area contributed by atoms with Crippen LogP contribution in [0.4, 0.5) is 0 Å². The lowest BCUT2D eigenvalue weighted by atomic mass is 9.60. The maximum atomic E-state index is 12.7. The molecule has 6 rings (SSSR count). The number of carbonyl (C=O) groups excluding carboxylic acids is 1. The predicted molar refractivity (Wildman–Crippen MR) is 122 cm³/mol. The highest BCUT2D eigenvalue weighted by molar-refractivity contribution is 5.91. The fourth-order valence-corrected chi connectivity index (χ4v) is 6.27. The number of furan rings is 1. The van der Waals surface area contributed by atoms with Gasteiger partial charge in [-0.25, -0.2) is 0 Å². The molecule has 3 N–H and O–H groups in total. The Morgan fingerprint density at radius 3 is 2.75 bits per heavy atom. The third kappa shape index (κ3) is 3.46. The van der Waals surface area contributed by atoms with Crippen molar-refractivity contribution in [2.24, 2.45) is 5.41 Å². The van der Waals surface area contributed by atoms with E-state index < -0.39 is 0 Å². The van der Waals surface area contributed by atoms with Crippen molar-refractivity contribution in [1.29, 1.82) is 0 Å². The van der Waals surface area contributed by atoms with E-state index in [0.717, 1.165) is 38.8 Å². The summed E-state index contributed by atoms with van der Waals surface area (Å²) in [5, 5.41) is 14.5. The number of aromatic amines is 1. The smallest absolute Gasteiger partial charge is 0.289 e. The third-order valence-electron chi connectivity index (χ3n) is 8.07. The first-order valence-corrected chi connectivity index (χ1v) is 12.0. The summed E-state index contributed by atoms with van der Waals surface area (Å²) in [6.07, 6.45) is 8.03. The Hall–Kier alpha value is -2.57. The van der Waals surface area contributed by atoms with Crippen LogP contribution in [0.5, 0.6) is 0 Å². The van der Waals surface area contributed by atoms with E-state index in [2.05, 4.69) is 34.6 Å². The number of rotatable bonds is 4. The molecule has 0 unspecified atom stereocenters. The van der Waals surface area contributed by atoms with Crippen LogP contribution in [0, 0.1) is 5.41 Å². The summed E-state index contributed by atoms with van der Waals surface area (Å²) in [5.74, 6) is 0.731. The number of hydrogen-bond acceptors (Lipinski definition) is 4. The van der Waals surface area contributed by atoms with Gasteiger partial charge in [-0.2, -0.15) is 0 Å². The number of benzene rings is 1. The molecule has 1 spiro atoms. The van der Waals surface area contributed by atoms with Crippen molar-refractivity contribution in [3.05, 3.63) is 59.2 Å². The number of amides is 1. The van der Waals surface area contributed by atoms with Gasteiger partial charge in [-0.1, -0.05) is 18.2 Å². The summed E-state index contributed by atoms with van der Waals surface area (Å²) in [6.45, 7) is 1.42. The van der Waals surface area contributed by atoms with E-state index >= 15 is 0 Å². The van der Waals surface area contributed by atoms with Gasteiger partial charge in [0.2, 0.25) is 0 Å². The Morgan fingerprint density at radius 1 is 1.16 bits per heavy atom. The fourth-order valence-electron chi connectivity index (χ4n) is 6.27. The van der Waals surface area contributed by atoms with E-state index in [1.54, 1.807) is 12.1 Å². The number of aryl methyl sites for hydroxylation is 1. The minimum atomic E-state index is -0.173. The molecule has 3 heterocycles. The lowest BCUT2D eigenvalue weighted by molar-refractivity contribution is 0.00320. The van der Waals surface area contributed by atoms with Gasteiger partial charge in [-0.3, -0.25) is 4.79 Å². The monoisotopic (exact) mass is 433 g/mol. The van der Waals surface area contributed by atoms with Crippen molar-refractivity contribution >= 4 is 16.8 Å². The van der Waals surface area contributed by atoms with E-state index in [0.29, 0.717) is 29.0 Å². The summed E-state index contributed by atoms with van der Waals surface area (Å²) < 4.78 is 5.43. The molecule has 3 aromatic rings. The van der Waals surface area contributed by atoms with Crippen LogP contribution in [0.2, 0.25) is 0 Å². The van der Waals surface area contributed by atoms with Crippen LogP contribution >= 0.6 is 0 Å². The van der Waals surface area contributed by atoms with E-state index in [1.807, 2.05) is 4.90 Å². The highest BCUT2D eigenvalue weighted by Crippen LogP contribution is 2.49. The van der Waals surface area contributed by atoms with Gasteiger partial charge < -0.3 is 24.7 Å². The number of piperidine rings is 1. The number of fused-ring (bicyclic) bond motifs is 3. The molecule has 32 heavy (non-hydrogen) atoms. The number of para-hydroxylation sites is 1. The number of nitrogens with zero attached hydrogens (tertiary/aromatic N) is 1. The summed E-state index contributed by atoms with van der Waals surface area (Å²) in [6, 6.07) is 13.2. The van der Waals surface area contributed by atoms with Crippen molar-refractivity contribution in [2.45, 2.75) is 63.6 Å². The molecule has 2 aliphatic carbocycles. The van der Waals surface area contributed by atoms with Crippen molar-refractivity contribution in [2.75, 3.05) is 13.1 Å². The standard InChI is InChI=1S/C26H31N3O3/c30-16-19-6-8-24(32-19)25(31)29-11-9-26(10-12-29)14-18(15-26)27-17-5-7-23-21(13-17)20-3-1-2-4-22(20)28-23/h1-4,6,8,17-18,27-28,30H,5,7,9-16H2/t17-/m0/s1. The molecule has 0 bridgehead atoms. The zero-order valence-electron chi connectivity index (χ0n) is 18.4. The Morgan fingerprint density at radius 2 is 1.97 bits per heavy atom. The second kappa shape index (κ2) is 7.78. The minimum absolute atomic E-state index is 0.0507. The fraction of sp³-hybridized carbons (Fsp3) is 0.500. The van der Waals surface area contributed by atoms with Crippen molar-refractivity contribution < 1.29 is 14.3 Å². The van der Waals surface area contributed by atoms with Crippen LogP contribution in [0.25, 0.3) is 10.9 Å². The van der Waals surface area contributed by atoms with E-state index in [9.17, 15) is 4.79 Å². The topological polar surface area (TPSA) is 81.5 Å². The third-order valence-corrected chi connectivity index (χ3v) is 8.07. The quantitative estimate of drug-likeness (QED) is 0.585. The Labute approximate surface area is 188 Å². The second-order valence-electron chi connectivity index (χ2n) is 10.1. The lowest BCUT2D eigenvalue weighted by Gasteiger charge is -2.53. The molecule has 1 saturated heterocycles. The zero-order valence-corrected chi connectivity index (χ0v) is 18.4. The molecule has 2 fully saturated rings. The van der Waals surface area contributed by atoms with Crippen LogP contribution < -0.4 is 5.32 Å². The minimum Gasteiger partial charge on any atom is -0.453 e. The van der Waals surface area contributed by atoms with Crippen LogP contribution in [0.3, 0.4) is 0 Å². The summed E-state index contributed by atoms with van der Waals surface area (Å²) in [5.41, 5.74) is 4.60. The van der Waals surface area contributed by atoms with Crippen LogP contribution in [-0.4, -0.2) is 46.1 Å². The molecule has 1 aliphatic heterocycles. The Balaban J connectivity index is 1.02. The molecule has 168 valence electrons. The van der Waals surface area contributed by atoms with Gasteiger partial charge in [0.1, 0.15) is 12.4 Å². The molecule has 2 aromatic heterocycles. The van der Waals surface area contributed by atoms with Gasteiger partial charge in [-0.15, -0.1) is 0 Å². The molecule has 3 aliphatic rings. The van der Waals surface area contributed by atoms with E-state index in [1.165, 1.54) is 41.4 Å². The molecule has 6 heteroatoms. The molecule has 6 nitrogen and oxygen atoms in total. The largest absolute Gasteiger partial charge is 0.453 e. The number of hydrogen-bond donors (Lipinski definition) is 3. The van der Waals surface area contributed by atoms with Gasteiger partial charge in [0.15, 0.2) is 5.76 Å². The Bertz CT molecular complexity index is 1130. The number of aliphatic hydroxyl groups excluding tert-OH is 1. The average molecular weight is 434 g/mol. The van der Waals surface area contributed by atoms with Gasteiger partial charge in [0, 0.05) is 41.8 Å². The highest BCUT2D eigenvalue weighted by atomic mass is 16.4. The van der Waals surface area contributed by atoms with Crippen molar-refractivity contribution in [3.63, 3.8) is 0 Å². The number of H-pyrrole nitrogens is 1. The van der Waals surface area contributed by atoms with Crippen LogP contribution in [0.15, 0.2) is 40.8 Å². The van der Waals surface area contributed by atoms with Gasteiger partial charge in [0.05, 0.1) is 0 Å². The molecule has 1 saturated carbocycles. The number of likely N-dealkylation sites (tertiary alicyclic amines) is 1. The predicted octanol–water partition coefficient (Wildman–Crippen LogP) is 3.79. The normalized spacial score (nSPS) is 22.8. The first-order valence-electron chi connectivity index (χ1n) is 12.0. The maximum Gasteiger partial charge on any atom is 0.289 e. The number of carbonyl (C=O) groups is 1. The average Bonchev–Trinajstić information content (AvgIpc) is 3.43. The number of aromatic nitrogens is 1. The molecular weight excluding hydrogens is 402 g/mol. The second-order valence-corrected chi connectivity index (χ2v) is 10.1. The molecule has 0 radical (unpaired) electrons.